The van der Waals surface area contributed by atoms with E-state index < -0.39 is 17.6 Å². The van der Waals surface area contributed by atoms with Gasteiger partial charge in [0.2, 0.25) is 11.9 Å². The number of nitrogens with one attached hydrogen (secondary N) is 2. The number of carbonyl (C=O) groups is 2. The van der Waals surface area contributed by atoms with Gasteiger partial charge in [0.05, 0.1) is 16.8 Å². The van der Waals surface area contributed by atoms with Crippen LogP contribution < -0.4 is 15.5 Å². The molecule has 3 aromatic rings. The van der Waals surface area contributed by atoms with Crippen molar-refractivity contribution in [2.75, 3.05) is 28.6 Å². The molecule has 0 atom stereocenters. The number of para-hydroxylation sites is 1. The minimum absolute atomic E-state index is 0.0106. The molecule has 1 fully saturated rings. The molecule has 1 aromatic heterocycles. The van der Waals surface area contributed by atoms with Gasteiger partial charge in [-0.1, -0.05) is 18.2 Å². The molecule has 1 aliphatic rings. The highest BCUT2D eigenvalue weighted by Crippen LogP contribution is 2.31. The number of anilines is 3. The molecule has 0 bridgehead atoms. The van der Waals surface area contributed by atoms with Crippen molar-refractivity contribution in [1.82, 2.24) is 9.97 Å². The highest BCUT2D eigenvalue weighted by molar-refractivity contribution is 6.10. The molecule has 2 aromatic carbocycles. The van der Waals surface area contributed by atoms with E-state index in [4.69, 9.17) is 0 Å². The minimum atomic E-state index is -4.52. The second kappa shape index (κ2) is 9.90. The third kappa shape index (κ3) is 5.51. The highest BCUT2D eigenvalue weighted by Gasteiger charge is 2.31. The SMILES string of the molecule is O=C(Nc1cccc(C(F)(F)F)c1)c1ccccc1NC(=O)C1CCN(c2ncccn2)CC1. The topological polar surface area (TPSA) is 87.2 Å². The van der Waals surface area contributed by atoms with E-state index in [0.717, 1.165) is 12.1 Å². The molecule has 0 saturated carbocycles. The summed E-state index contributed by atoms with van der Waals surface area (Å²) < 4.78 is 38.9. The first-order chi connectivity index (χ1) is 16.3. The Kier molecular flexibility index (Phi) is 6.76. The number of rotatable bonds is 5. The predicted octanol–water partition coefficient (Wildman–Crippen LogP) is 4.60. The maximum atomic E-state index is 13.0. The first kappa shape index (κ1) is 23.2. The number of carbonyl (C=O) groups excluding carboxylic acids is 2. The summed E-state index contributed by atoms with van der Waals surface area (Å²) in [6, 6.07) is 12.5. The first-order valence-electron chi connectivity index (χ1n) is 10.7. The van der Waals surface area contributed by atoms with Gasteiger partial charge in [-0.05, 0) is 49.2 Å². The smallest absolute Gasteiger partial charge is 0.341 e. The predicted molar refractivity (Wildman–Crippen MR) is 121 cm³/mol. The molecule has 0 unspecified atom stereocenters. The summed E-state index contributed by atoms with van der Waals surface area (Å²) in [6.07, 6.45) is 0.0190. The average molecular weight is 469 g/mol. The van der Waals surface area contributed by atoms with Gasteiger partial charge in [0, 0.05) is 37.1 Å². The lowest BCUT2D eigenvalue weighted by Crippen LogP contribution is -2.39. The minimum Gasteiger partial charge on any atom is -0.341 e. The molecular formula is C24H22F3N5O2. The van der Waals surface area contributed by atoms with Crippen molar-refractivity contribution in [3.63, 3.8) is 0 Å². The molecule has 2 amide bonds. The molecule has 2 N–H and O–H groups in total. The fraction of sp³-hybridized carbons (Fsp3) is 0.250. The van der Waals surface area contributed by atoms with Crippen molar-refractivity contribution in [2.24, 2.45) is 5.92 Å². The van der Waals surface area contributed by atoms with Crippen LogP contribution in [0.3, 0.4) is 0 Å². The van der Waals surface area contributed by atoms with Gasteiger partial charge in [-0.3, -0.25) is 9.59 Å². The number of nitrogens with zero attached hydrogens (tertiary/aromatic N) is 3. The van der Waals surface area contributed by atoms with Gasteiger partial charge in [-0.15, -0.1) is 0 Å². The summed E-state index contributed by atoms with van der Waals surface area (Å²) in [5, 5.41) is 5.28. The Balaban J connectivity index is 1.41. The second-order valence-corrected chi connectivity index (χ2v) is 7.88. The van der Waals surface area contributed by atoms with Crippen molar-refractivity contribution in [2.45, 2.75) is 19.0 Å². The zero-order valence-corrected chi connectivity index (χ0v) is 18.0. The Morgan fingerprint density at radius 3 is 2.32 bits per heavy atom. The Labute approximate surface area is 194 Å². The summed E-state index contributed by atoms with van der Waals surface area (Å²) in [4.78, 5) is 36.1. The largest absolute Gasteiger partial charge is 0.416 e. The number of piperidine rings is 1. The van der Waals surface area contributed by atoms with Crippen LogP contribution in [0.15, 0.2) is 67.0 Å². The monoisotopic (exact) mass is 469 g/mol. The van der Waals surface area contributed by atoms with E-state index in [-0.39, 0.29) is 23.1 Å². The molecule has 34 heavy (non-hydrogen) atoms. The van der Waals surface area contributed by atoms with Gasteiger partial charge in [-0.2, -0.15) is 13.2 Å². The van der Waals surface area contributed by atoms with E-state index in [1.54, 1.807) is 36.7 Å². The number of amides is 2. The van der Waals surface area contributed by atoms with Crippen LogP contribution in [0.2, 0.25) is 0 Å². The maximum absolute atomic E-state index is 13.0. The van der Waals surface area contributed by atoms with Crippen LogP contribution in [0.5, 0.6) is 0 Å². The molecule has 2 heterocycles. The van der Waals surface area contributed by atoms with Crippen molar-refractivity contribution < 1.29 is 22.8 Å². The third-order valence-corrected chi connectivity index (χ3v) is 5.58. The summed E-state index contributed by atoms with van der Waals surface area (Å²) in [5.74, 6) is -0.461. The van der Waals surface area contributed by atoms with Crippen LogP contribution in [-0.4, -0.2) is 34.9 Å². The van der Waals surface area contributed by atoms with Crippen molar-refractivity contribution in [1.29, 1.82) is 0 Å². The molecule has 176 valence electrons. The van der Waals surface area contributed by atoms with Crippen molar-refractivity contribution >= 4 is 29.1 Å². The Bertz CT molecular complexity index is 1160. The van der Waals surface area contributed by atoms with Gasteiger partial charge in [-0.25, -0.2) is 9.97 Å². The first-order valence-corrected chi connectivity index (χ1v) is 10.7. The zero-order chi connectivity index (χ0) is 24.1. The van der Waals surface area contributed by atoms with E-state index in [1.165, 1.54) is 18.2 Å². The number of alkyl halides is 3. The van der Waals surface area contributed by atoms with Crippen LogP contribution in [0, 0.1) is 5.92 Å². The standard InChI is InChI=1S/C24H22F3N5O2/c25-24(26,27)17-5-3-6-18(15-17)30-22(34)19-7-1-2-8-20(19)31-21(33)16-9-13-32(14-10-16)23-28-11-4-12-29-23/h1-8,11-12,15-16H,9-10,13-14H2,(H,30,34)(H,31,33). The average Bonchev–Trinajstić information content (AvgIpc) is 2.84. The summed E-state index contributed by atoms with van der Waals surface area (Å²) in [6.45, 7) is 1.25. The summed E-state index contributed by atoms with van der Waals surface area (Å²) in [5.41, 5.74) is -0.398. The van der Waals surface area contributed by atoms with E-state index in [1.807, 2.05) is 4.90 Å². The van der Waals surface area contributed by atoms with E-state index in [0.29, 0.717) is 37.6 Å². The molecule has 1 aliphatic heterocycles. The summed E-state index contributed by atoms with van der Waals surface area (Å²) in [7, 11) is 0. The van der Waals surface area contributed by atoms with Crippen molar-refractivity contribution in [3.05, 3.63) is 78.1 Å². The van der Waals surface area contributed by atoms with Gasteiger partial charge in [0.1, 0.15) is 0 Å². The fourth-order valence-electron chi connectivity index (χ4n) is 3.79. The number of hydrogen-bond acceptors (Lipinski definition) is 5. The fourth-order valence-corrected chi connectivity index (χ4v) is 3.79. The van der Waals surface area contributed by atoms with Gasteiger partial charge >= 0.3 is 6.18 Å². The molecule has 0 aliphatic carbocycles. The van der Waals surface area contributed by atoms with Crippen LogP contribution in [0.25, 0.3) is 0 Å². The second-order valence-electron chi connectivity index (χ2n) is 7.88. The van der Waals surface area contributed by atoms with Crippen LogP contribution in [0.4, 0.5) is 30.5 Å². The Hall–Kier alpha value is -3.95. The van der Waals surface area contributed by atoms with E-state index >= 15 is 0 Å². The van der Waals surface area contributed by atoms with Gasteiger partial charge in [0.25, 0.3) is 5.91 Å². The zero-order valence-electron chi connectivity index (χ0n) is 18.0. The van der Waals surface area contributed by atoms with Gasteiger partial charge < -0.3 is 15.5 Å². The normalized spacial score (nSPS) is 14.5. The van der Waals surface area contributed by atoms with Crippen LogP contribution in [-0.2, 0) is 11.0 Å². The molecule has 10 heteroatoms. The van der Waals surface area contributed by atoms with E-state index in [2.05, 4.69) is 20.6 Å². The highest BCUT2D eigenvalue weighted by atomic mass is 19.4. The third-order valence-electron chi connectivity index (χ3n) is 5.58. The lowest BCUT2D eigenvalue weighted by atomic mass is 9.96. The van der Waals surface area contributed by atoms with Crippen LogP contribution in [0.1, 0.15) is 28.8 Å². The number of hydrogen-bond donors (Lipinski definition) is 2. The number of benzene rings is 2. The van der Waals surface area contributed by atoms with Crippen molar-refractivity contribution in [3.8, 4) is 0 Å². The molecule has 4 rings (SSSR count). The maximum Gasteiger partial charge on any atom is 0.416 e. The quantitative estimate of drug-likeness (QED) is 0.570. The number of aromatic nitrogens is 2. The molecule has 0 spiro atoms. The summed E-state index contributed by atoms with van der Waals surface area (Å²) >= 11 is 0. The number of halogens is 3. The molecular weight excluding hydrogens is 447 g/mol. The molecule has 7 nitrogen and oxygen atoms in total. The Morgan fingerprint density at radius 1 is 0.912 bits per heavy atom. The van der Waals surface area contributed by atoms with Crippen LogP contribution >= 0.6 is 0 Å². The lowest BCUT2D eigenvalue weighted by Gasteiger charge is -2.31. The molecule has 1 saturated heterocycles. The van der Waals surface area contributed by atoms with Gasteiger partial charge in [0.15, 0.2) is 0 Å². The van der Waals surface area contributed by atoms with E-state index in [9.17, 15) is 22.8 Å². The Morgan fingerprint density at radius 2 is 1.62 bits per heavy atom. The lowest BCUT2D eigenvalue weighted by molar-refractivity contribution is -0.137. The molecule has 0 radical (unpaired) electrons.